The van der Waals surface area contributed by atoms with E-state index >= 15 is 0 Å². The van der Waals surface area contributed by atoms with E-state index in [1.807, 2.05) is 34.6 Å². The van der Waals surface area contributed by atoms with Crippen LogP contribution in [0.4, 0.5) is 4.79 Å². The molecule has 0 radical (unpaired) electrons. The average molecular weight is 468 g/mol. The summed E-state index contributed by atoms with van der Waals surface area (Å²) in [6, 6.07) is 6.95. The van der Waals surface area contributed by atoms with Crippen LogP contribution < -0.4 is 10.6 Å². The molecule has 2 N–H and O–H groups in total. The van der Waals surface area contributed by atoms with Crippen LogP contribution in [0, 0.1) is 30.7 Å². The van der Waals surface area contributed by atoms with Gasteiger partial charge in [-0.1, -0.05) is 50.8 Å². The molecule has 7 nitrogen and oxygen atoms in total. The van der Waals surface area contributed by atoms with Crippen LogP contribution in [0.25, 0.3) is 0 Å². The first-order valence-corrected chi connectivity index (χ1v) is 11.3. The fourth-order valence-corrected chi connectivity index (χ4v) is 3.24. The Bertz CT molecular complexity index is 973. The first-order chi connectivity index (χ1) is 15.6. The molecular formula is C27H37N3O4. The highest BCUT2D eigenvalue weighted by Gasteiger charge is 2.39. The molecule has 0 heterocycles. The summed E-state index contributed by atoms with van der Waals surface area (Å²) in [5.74, 6) is 1.18. The predicted molar refractivity (Wildman–Crippen MR) is 133 cm³/mol. The summed E-state index contributed by atoms with van der Waals surface area (Å²) in [5.41, 5.74) is -0.489. The second-order valence-corrected chi connectivity index (χ2v) is 10.2. The van der Waals surface area contributed by atoms with Crippen molar-refractivity contribution in [1.29, 1.82) is 0 Å². The number of alkyl carbamates (subject to hydrolysis) is 1. The minimum Gasteiger partial charge on any atom is -0.444 e. The highest BCUT2D eigenvalue weighted by Crippen LogP contribution is 2.27. The molecule has 1 rings (SSSR count). The summed E-state index contributed by atoms with van der Waals surface area (Å²) in [7, 11) is 0. The van der Waals surface area contributed by atoms with Gasteiger partial charge in [-0.25, -0.2) is 4.79 Å². The van der Waals surface area contributed by atoms with Crippen LogP contribution in [0.15, 0.2) is 24.3 Å². The molecule has 0 aromatic heterocycles. The average Bonchev–Trinajstić information content (AvgIpc) is 2.72. The molecule has 0 saturated heterocycles. The van der Waals surface area contributed by atoms with Gasteiger partial charge < -0.3 is 15.4 Å². The lowest BCUT2D eigenvalue weighted by Crippen LogP contribution is -2.55. The molecule has 0 spiro atoms. The zero-order valence-corrected chi connectivity index (χ0v) is 21.5. The number of hydrogen-bond donors (Lipinski definition) is 2. The van der Waals surface area contributed by atoms with Crippen LogP contribution in [0.2, 0.25) is 0 Å². The lowest BCUT2D eigenvalue weighted by Gasteiger charge is -2.34. The van der Waals surface area contributed by atoms with Gasteiger partial charge in [0.1, 0.15) is 17.7 Å². The van der Waals surface area contributed by atoms with Crippen LogP contribution in [-0.4, -0.2) is 40.0 Å². The van der Waals surface area contributed by atoms with Gasteiger partial charge in [0.15, 0.2) is 0 Å². The summed E-state index contributed by atoms with van der Waals surface area (Å²) in [6.45, 7) is 14.3. The van der Waals surface area contributed by atoms with Gasteiger partial charge in [-0.15, -0.1) is 6.42 Å². The lowest BCUT2D eigenvalue weighted by atomic mass is 9.94. The SMILES string of the molecule is C#Cc1ccccc1C(C(=O)NC(C)(C)C)N(C#C)C(=O)C(NC(=O)OC(C)(C)C)C(C)CC. The van der Waals surface area contributed by atoms with E-state index < -0.39 is 41.1 Å². The first kappa shape index (κ1) is 28.6. The van der Waals surface area contributed by atoms with E-state index in [4.69, 9.17) is 17.6 Å². The number of terminal acetylenes is 2. The number of nitrogens with zero attached hydrogens (tertiary/aromatic N) is 1. The molecule has 34 heavy (non-hydrogen) atoms. The highest BCUT2D eigenvalue weighted by molar-refractivity contribution is 5.94. The number of carbonyl (C=O) groups excluding carboxylic acids is 3. The third kappa shape index (κ3) is 8.15. The third-order valence-corrected chi connectivity index (χ3v) is 4.94. The molecule has 3 atom stereocenters. The van der Waals surface area contributed by atoms with Crippen LogP contribution in [0.5, 0.6) is 0 Å². The van der Waals surface area contributed by atoms with Gasteiger partial charge in [-0.2, -0.15) is 0 Å². The van der Waals surface area contributed by atoms with Gasteiger partial charge in [0.25, 0.3) is 5.91 Å². The van der Waals surface area contributed by atoms with E-state index in [-0.39, 0.29) is 5.92 Å². The molecule has 184 valence electrons. The van der Waals surface area contributed by atoms with Gasteiger partial charge in [-0.3, -0.25) is 14.5 Å². The molecule has 1 aromatic carbocycles. The normalized spacial score (nSPS) is 13.9. The molecule has 3 amide bonds. The quantitative estimate of drug-likeness (QED) is 0.469. The second kappa shape index (κ2) is 11.6. The summed E-state index contributed by atoms with van der Waals surface area (Å²) in [6.07, 6.45) is 11.3. The molecule has 0 aliphatic rings. The maximum atomic E-state index is 13.7. The Kier molecular flexibility index (Phi) is 9.76. The lowest BCUT2D eigenvalue weighted by molar-refractivity contribution is -0.140. The Balaban J connectivity index is 3.53. The smallest absolute Gasteiger partial charge is 0.408 e. The molecule has 7 heteroatoms. The molecule has 0 aliphatic carbocycles. The Morgan fingerprint density at radius 3 is 2.15 bits per heavy atom. The van der Waals surface area contributed by atoms with Crippen molar-refractivity contribution in [3.05, 3.63) is 35.4 Å². The molecule has 0 saturated carbocycles. The van der Waals surface area contributed by atoms with E-state index in [0.29, 0.717) is 17.5 Å². The first-order valence-electron chi connectivity index (χ1n) is 11.3. The predicted octanol–water partition coefficient (Wildman–Crippen LogP) is 3.98. The van der Waals surface area contributed by atoms with Crippen molar-refractivity contribution >= 4 is 17.9 Å². The second-order valence-electron chi connectivity index (χ2n) is 10.2. The number of rotatable bonds is 7. The van der Waals surface area contributed by atoms with E-state index in [9.17, 15) is 14.4 Å². The number of hydrogen-bond acceptors (Lipinski definition) is 4. The molecule has 0 aliphatic heterocycles. The van der Waals surface area contributed by atoms with E-state index in [0.717, 1.165) is 4.90 Å². The van der Waals surface area contributed by atoms with Crippen molar-refractivity contribution < 1.29 is 19.1 Å². The van der Waals surface area contributed by atoms with Crippen LogP contribution >= 0.6 is 0 Å². The zero-order chi connectivity index (χ0) is 26.3. The van der Waals surface area contributed by atoms with E-state index in [1.54, 1.807) is 45.0 Å². The monoisotopic (exact) mass is 467 g/mol. The van der Waals surface area contributed by atoms with E-state index in [2.05, 4.69) is 22.6 Å². The van der Waals surface area contributed by atoms with Gasteiger partial charge in [0.05, 0.1) is 0 Å². The van der Waals surface area contributed by atoms with Crippen LogP contribution in [0.3, 0.4) is 0 Å². The summed E-state index contributed by atoms with van der Waals surface area (Å²) in [5, 5.41) is 5.52. The Labute approximate surface area is 204 Å². The molecule has 3 unspecified atom stereocenters. The Morgan fingerprint density at radius 1 is 1.09 bits per heavy atom. The van der Waals surface area contributed by atoms with Gasteiger partial charge in [-0.05, 0) is 53.5 Å². The minimum absolute atomic E-state index is 0.287. The fraction of sp³-hybridized carbons (Fsp3) is 0.519. The maximum Gasteiger partial charge on any atom is 0.408 e. The van der Waals surface area contributed by atoms with Crippen LogP contribution in [-0.2, 0) is 14.3 Å². The Morgan fingerprint density at radius 2 is 1.68 bits per heavy atom. The molecule has 0 bridgehead atoms. The number of amides is 3. The van der Waals surface area contributed by atoms with Crippen molar-refractivity contribution in [2.45, 2.75) is 85.0 Å². The number of carbonyl (C=O) groups is 3. The van der Waals surface area contributed by atoms with Gasteiger partial charge in [0.2, 0.25) is 5.91 Å². The Hall–Kier alpha value is -3.45. The van der Waals surface area contributed by atoms with Gasteiger partial charge in [0, 0.05) is 22.7 Å². The number of benzene rings is 1. The molecule has 0 fully saturated rings. The van der Waals surface area contributed by atoms with Crippen molar-refractivity contribution in [2.75, 3.05) is 0 Å². The topological polar surface area (TPSA) is 87.7 Å². The third-order valence-electron chi connectivity index (χ3n) is 4.94. The summed E-state index contributed by atoms with van der Waals surface area (Å²) < 4.78 is 5.34. The largest absolute Gasteiger partial charge is 0.444 e. The van der Waals surface area contributed by atoms with Crippen molar-refractivity contribution in [3.8, 4) is 24.8 Å². The van der Waals surface area contributed by atoms with Crippen molar-refractivity contribution in [1.82, 2.24) is 15.5 Å². The molecule has 1 aromatic rings. The maximum absolute atomic E-state index is 13.7. The number of ether oxygens (including phenoxy) is 1. The number of nitrogens with one attached hydrogen (secondary N) is 2. The van der Waals surface area contributed by atoms with Crippen molar-refractivity contribution in [3.63, 3.8) is 0 Å². The summed E-state index contributed by atoms with van der Waals surface area (Å²) in [4.78, 5) is 40.7. The minimum atomic E-state index is -1.20. The molecular weight excluding hydrogens is 430 g/mol. The van der Waals surface area contributed by atoms with Crippen molar-refractivity contribution in [2.24, 2.45) is 5.92 Å². The standard InChI is InChI=1S/C27H37N3O4/c1-11-18(4)21(28-25(33)34-27(8,9)10)24(32)30(13-3)22(23(31)29-26(5,6)7)20-17-15-14-16-19(20)12-2/h2-3,14-18,21-22H,11H2,1,4-10H3,(H,28,33)(H,29,31). The van der Waals surface area contributed by atoms with Crippen LogP contribution in [0.1, 0.15) is 79.0 Å². The van der Waals surface area contributed by atoms with Gasteiger partial charge >= 0.3 is 6.09 Å². The zero-order valence-electron chi connectivity index (χ0n) is 21.5. The summed E-state index contributed by atoms with van der Waals surface area (Å²) >= 11 is 0. The van der Waals surface area contributed by atoms with E-state index in [1.165, 1.54) is 0 Å². The highest BCUT2D eigenvalue weighted by atomic mass is 16.6. The fourth-order valence-electron chi connectivity index (χ4n) is 3.24.